The molecular weight excluding hydrogens is 415 g/mol. The van der Waals surface area contributed by atoms with E-state index in [2.05, 4.69) is 16.3 Å². The van der Waals surface area contributed by atoms with Gasteiger partial charge in [0.05, 0.1) is 16.5 Å². The summed E-state index contributed by atoms with van der Waals surface area (Å²) in [7, 11) is -1.16. The number of phenolic OH excluding ortho intramolecular Hbond substituents is 1. The van der Waals surface area contributed by atoms with Gasteiger partial charge in [0.2, 0.25) is 5.95 Å². The summed E-state index contributed by atoms with van der Waals surface area (Å²) >= 11 is 0. The minimum absolute atomic E-state index is 0.294. The Labute approximate surface area is 182 Å². The molecular formula is C23H23FN4O2S. The Morgan fingerprint density at radius 3 is 2.68 bits per heavy atom. The predicted octanol–water partition coefficient (Wildman–Crippen LogP) is 4.11. The van der Waals surface area contributed by atoms with Crippen molar-refractivity contribution in [3.05, 3.63) is 65.6 Å². The van der Waals surface area contributed by atoms with Crippen LogP contribution in [-0.2, 0) is 17.2 Å². The van der Waals surface area contributed by atoms with E-state index in [0.29, 0.717) is 46.2 Å². The van der Waals surface area contributed by atoms with E-state index < -0.39 is 10.8 Å². The maximum absolute atomic E-state index is 13.6. The average Bonchev–Trinajstić information content (AvgIpc) is 3.15. The Hall–Kier alpha value is -3.00. The minimum Gasteiger partial charge on any atom is -0.508 e. The van der Waals surface area contributed by atoms with E-state index in [1.54, 1.807) is 18.2 Å². The molecule has 0 aliphatic carbocycles. The zero-order chi connectivity index (χ0) is 21.4. The van der Waals surface area contributed by atoms with Crippen LogP contribution in [0, 0.1) is 5.82 Å². The van der Waals surface area contributed by atoms with Crippen molar-refractivity contribution in [2.45, 2.75) is 30.1 Å². The smallest absolute Gasteiger partial charge is 0.227 e. The van der Waals surface area contributed by atoms with Crippen molar-refractivity contribution in [3.63, 3.8) is 0 Å². The molecule has 1 saturated heterocycles. The summed E-state index contributed by atoms with van der Waals surface area (Å²) < 4.78 is 26.2. The van der Waals surface area contributed by atoms with Crippen molar-refractivity contribution in [1.29, 1.82) is 0 Å². The molecule has 1 atom stereocenters. The van der Waals surface area contributed by atoms with Gasteiger partial charge in [-0.2, -0.15) is 4.98 Å². The monoisotopic (exact) mass is 438 g/mol. The third kappa shape index (κ3) is 4.12. The maximum atomic E-state index is 13.6. The number of anilines is 3. The van der Waals surface area contributed by atoms with Crippen LogP contribution in [0.2, 0.25) is 0 Å². The SMILES string of the molecule is O=S1CCc2nc(N3CCC(c4cccc(O)c4)CC3)nc(Nc3cccc(F)c3)c21. The molecule has 3 aromatic rings. The van der Waals surface area contributed by atoms with E-state index in [-0.39, 0.29) is 5.82 Å². The van der Waals surface area contributed by atoms with Gasteiger partial charge in [-0.3, -0.25) is 4.21 Å². The number of nitrogens with one attached hydrogen (secondary N) is 1. The summed E-state index contributed by atoms with van der Waals surface area (Å²) in [4.78, 5) is 12.2. The molecule has 0 amide bonds. The molecule has 1 aromatic heterocycles. The maximum Gasteiger partial charge on any atom is 0.227 e. The van der Waals surface area contributed by atoms with Crippen molar-refractivity contribution in [2.24, 2.45) is 0 Å². The molecule has 160 valence electrons. The van der Waals surface area contributed by atoms with Gasteiger partial charge in [0.15, 0.2) is 5.82 Å². The summed E-state index contributed by atoms with van der Waals surface area (Å²) in [5.41, 5.74) is 2.52. The molecule has 2 aromatic carbocycles. The molecule has 1 unspecified atom stereocenters. The minimum atomic E-state index is -1.16. The zero-order valence-electron chi connectivity index (χ0n) is 16.9. The van der Waals surface area contributed by atoms with Crippen LogP contribution in [0.3, 0.4) is 0 Å². The Morgan fingerprint density at radius 1 is 1.10 bits per heavy atom. The van der Waals surface area contributed by atoms with Crippen molar-refractivity contribution in [3.8, 4) is 5.75 Å². The summed E-state index contributed by atoms with van der Waals surface area (Å²) in [5, 5.41) is 12.9. The summed E-state index contributed by atoms with van der Waals surface area (Å²) in [6.45, 7) is 1.59. The highest BCUT2D eigenvalue weighted by atomic mass is 32.2. The second-order valence-electron chi connectivity index (χ2n) is 7.94. The molecule has 0 saturated carbocycles. The molecule has 2 aliphatic rings. The van der Waals surface area contributed by atoms with Gasteiger partial charge >= 0.3 is 0 Å². The molecule has 2 N–H and O–H groups in total. The predicted molar refractivity (Wildman–Crippen MR) is 119 cm³/mol. The number of rotatable bonds is 4. The summed E-state index contributed by atoms with van der Waals surface area (Å²) in [6, 6.07) is 13.6. The van der Waals surface area contributed by atoms with Gasteiger partial charge in [0.25, 0.3) is 0 Å². The number of fused-ring (bicyclic) bond motifs is 1. The Kier molecular flexibility index (Phi) is 5.31. The van der Waals surface area contributed by atoms with Gasteiger partial charge < -0.3 is 15.3 Å². The average molecular weight is 439 g/mol. The molecule has 1 fully saturated rings. The molecule has 31 heavy (non-hydrogen) atoms. The number of piperidine rings is 1. The fraction of sp³-hybridized carbons (Fsp3) is 0.304. The number of phenols is 1. The third-order valence-electron chi connectivity index (χ3n) is 5.88. The lowest BCUT2D eigenvalue weighted by Gasteiger charge is -2.32. The van der Waals surface area contributed by atoms with Crippen molar-refractivity contribution < 1.29 is 13.7 Å². The largest absolute Gasteiger partial charge is 0.508 e. The molecule has 3 heterocycles. The van der Waals surface area contributed by atoms with Gasteiger partial charge in [0.1, 0.15) is 16.5 Å². The molecule has 0 radical (unpaired) electrons. The second-order valence-corrected chi connectivity index (χ2v) is 9.45. The van der Waals surface area contributed by atoms with E-state index >= 15 is 0 Å². The van der Waals surface area contributed by atoms with Gasteiger partial charge in [-0.05, 0) is 54.7 Å². The van der Waals surface area contributed by atoms with Gasteiger partial charge in [-0.25, -0.2) is 9.37 Å². The highest BCUT2D eigenvalue weighted by Crippen LogP contribution is 2.35. The van der Waals surface area contributed by atoms with Crippen molar-refractivity contribution in [1.82, 2.24) is 9.97 Å². The first-order valence-corrected chi connectivity index (χ1v) is 11.7. The number of nitrogens with zero attached hydrogens (tertiary/aromatic N) is 3. The van der Waals surface area contributed by atoms with Crippen LogP contribution < -0.4 is 10.2 Å². The summed E-state index contributed by atoms with van der Waals surface area (Å²) in [6.07, 6.45) is 2.51. The van der Waals surface area contributed by atoms with E-state index in [4.69, 9.17) is 9.97 Å². The van der Waals surface area contributed by atoms with E-state index in [1.807, 2.05) is 12.1 Å². The van der Waals surface area contributed by atoms with Crippen molar-refractivity contribution in [2.75, 3.05) is 29.1 Å². The van der Waals surface area contributed by atoms with Crippen LogP contribution in [0.1, 0.15) is 30.0 Å². The quantitative estimate of drug-likeness (QED) is 0.638. The Bertz CT molecular complexity index is 1150. The molecule has 8 heteroatoms. The number of hydrogen-bond donors (Lipinski definition) is 2. The Balaban J connectivity index is 1.39. The number of aryl methyl sites for hydroxylation is 1. The molecule has 0 bridgehead atoms. The van der Waals surface area contributed by atoms with Crippen LogP contribution in [0.4, 0.5) is 21.8 Å². The Morgan fingerprint density at radius 2 is 1.90 bits per heavy atom. The molecule has 0 spiro atoms. The summed E-state index contributed by atoms with van der Waals surface area (Å²) in [5.74, 6) is 1.98. The number of hydrogen-bond acceptors (Lipinski definition) is 6. The second kappa shape index (κ2) is 8.26. The first kappa shape index (κ1) is 19.9. The number of aromatic hydroxyl groups is 1. The van der Waals surface area contributed by atoms with E-state index in [0.717, 1.165) is 37.2 Å². The van der Waals surface area contributed by atoms with Gasteiger partial charge in [0, 0.05) is 31.0 Å². The third-order valence-corrected chi connectivity index (χ3v) is 7.34. The van der Waals surface area contributed by atoms with Crippen LogP contribution in [0.25, 0.3) is 0 Å². The van der Waals surface area contributed by atoms with E-state index in [1.165, 1.54) is 12.1 Å². The van der Waals surface area contributed by atoms with Crippen molar-refractivity contribution >= 4 is 28.3 Å². The lowest BCUT2D eigenvalue weighted by molar-refractivity contribution is 0.467. The van der Waals surface area contributed by atoms with Gasteiger partial charge in [-0.15, -0.1) is 0 Å². The highest BCUT2D eigenvalue weighted by Gasteiger charge is 2.29. The zero-order valence-corrected chi connectivity index (χ0v) is 17.7. The number of aromatic nitrogens is 2. The van der Waals surface area contributed by atoms with E-state index in [9.17, 15) is 13.7 Å². The highest BCUT2D eigenvalue weighted by molar-refractivity contribution is 7.85. The van der Waals surface area contributed by atoms with Crippen LogP contribution in [0.15, 0.2) is 53.4 Å². The lowest BCUT2D eigenvalue weighted by atomic mass is 9.89. The standard InChI is InChI=1S/C23H23FN4O2S/c24-17-4-2-5-18(14-17)25-22-21-20(9-12-31(21)30)26-23(27-22)28-10-7-15(8-11-28)16-3-1-6-19(29)13-16/h1-6,13-15,29H,7-12H2,(H,25,26,27). The number of halogens is 1. The fourth-order valence-electron chi connectivity index (χ4n) is 4.30. The lowest BCUT2D eigenvalue weighted by Crippen LogP contribution is -2.34. The topological polar surface area (TPSA) is 78.4 Å². The molecule has 6 nitrogen and oxygen atoms in total. The first-order valence-electron chi connectivity index (χ1n) is 10.4. The number of benzene rings is 2. The fourth-order valence-corrected chi connectivity index (χ4v) is 5.61. The van der Waals surface area contributed by atoms with Crippen LogP contribution >= 0.6 is 0 Å². The molecule has 5 rings (SSSR count). The van der Waals surface area contributed by atoms with Crippen LogP contribution in [-0.4, -0.2) is 38.1 Å². The van der Waals surface area contributed by atoms with Crippen LogP contribution in [0.5, 0.6) is 5.75 Å². The first-order chi connectivity index (χ1) is 15.1. The molecule has 2 aliphatic heterocycles. The van der Waals surface area contributed by atoms with Gasteiger partial charge in [-0.1, -0.05) is 18.2 Å². The normalized spacial score (nSPS) is 18.7.